The average Bonchev–Trinajstić information content (AvgIpc) is 3.50. The molecule has 184 valence electrons. The number of aromatic nitrogens is 1. The van der Waals surface area contributed by atoms with Gasteiger partial charge in [0, 0.05) is 29.1 Å². The molecule has 10 heteroatoms. The third-order valence-electron chi connectivity index (χ3n) is 5.92. The normalized spacial score (nSPS) is 18.0. The van der Waals surface area contributed by atoms with Gasteiger partial charge in [-0.05, 0) is 50.2 Å². The second-order valence-electron chi connectivity index (χ2n) is 8.08. The molecule has 2 aliphatic rings. The van der Waals surface area contributed by atoms with Crippen LogP contribution in [0.1, 0.15) is 13.8 Å². The minimum atomic E-state index is -0.287. The quantitative estimate of drug-likeness (QED) is 0.459. The van der Waals surface area contributed by atoms with Gasteiger partial charge in [0.2, 0.25) is 0 Å². The lowest BCUT2D eigenvalue weighted by Crippen LogP contribution is -2.35. The van der Waals surface area contributed by atoms with Gasteiger partial charge in [-0.15, -0.1) is 17.9 Å². The number of nitrogens with zero attached hydrogens (tertiary/aromatic N) is 4. The van der Waals surface area contributed by atoms with Crippen LogP contribution in [0.25, 0.3) is 10.6 Å². The number of fused-ring (bicyclic) bond motifs is 1. The second kappa shape index (κ2) is 9.65. The van der Waals surface area contributed by atoms with Crippen molar-refractivity contribution < 1.29 is 9.53 Å². The zero-order valence-electron chi connectivity index (χ0n) is 19.9. The van der Waals surface area contributed by atoms with E-state index >= 15 is 0 Å². The maximum atomic E-state index is 13.7. The van der Waals surface area contributed by atoms with Crippen LogP contribution in [0, 0.1) is 0 Å². The Labute approximate surface area is 221 Å². The van der Waals surface area contributed by atoms with Gasteiger partial charge in [-0.25, -0.2) is 0 Å². The molecule has 5 rings (SSSR count). The van der Waals surface area contributed by atoms with E-state index in [1.807, 2.05) is 25.1 Å². The Balaban J connectivity index is 1.72. The van der Waals surface area contributed by atoms with E-state index in [1.165, 1.54) is 16.3 Å². The molecule has 0 aliphatic carbocycles. The Morgan fingerprint density at radius 1 is 1.17 bits per heavy atom. The summed E-state index contributed by atoms with van der Waals surface area (Å²) in [5.41, 5.74) is 2.40. The van der Waals surface area contributed by atoms with Crippen LogP contribution in [-0.4, -0.2) is 29.8 Å². The molecule has 0 saturated heterocycles. The second-order valence-corrected chi connectivity index (χ2v) is 10.5. The molecule has 2 aromatic carbocycles. The van der Waals surface area contributed by atoms with E-state index in [-0.39, 0.29) is 18.0 Å². The number of anilines is 2. The lowest BCUT2D eigenvalue weighted by molar-refractivity contribution is -0.112. The zero-order chi connectivity index (χ0) is 25.6. The molecule has 36 heavy (non-hydrogen) atoms. The van der Waals surface area contributed by atoms with Crippen LogP contribution < -0.4 is 29.4 Å². The summed E-state index contributed by atoms with van der Waals surface area (Å²) in [6.07, 6.45) is 1.66. The Morgan fingerprint density at radius 2 is 1.92 bits per heavy atom. The number of hydrogen-bond donors (Lipinski definition) is 0. The maximum Gasteiger partial charge on any atom is 0.283 e. The van der Waals surface area contributed by atoms with Crippen molar-refractivity contribution in [3.05, 3.63) is 79.7 Å². The summed E-state index contributed by atoms with van der Waals surface area (Å²) in [6, 6.07) is 12.8. The highest BCUT2D eigenvalue weighted by Crippen LogP contribution is 2.47. The van der Waals surface area contributed by atoms with E-state index < -0.39 is 0 Å². The predicted octanol–water partition coefficient (Wildman–Crippen LogP) is 4.03. The number of carbonyl (C=O) groups excluding carboxylic acids is 1. The molecule has 0 fully saturated rings. The smallest absolute Gasteiger partial charge is 0.283 e. The highest BCUT2D eigenvalue weighted by Gasteiger charge is 2.32. The largest absolute Gasteiger partial charge is 0.497 e. The van der Waals surface area contributed by atoms with Gasteiger partial charge in [-0.3, -0.25) is 14.2 Å². The summed E-state index contributed by atoms with van der Waals surface area (Å²) >= 11 is 8.88. The fourth-order valence-electron chi connectivity index (χ4n) is 4.21. The van der Waals surface area contributed by atoms with Gasteiger partial charge in [-0.1, -0.05) is 29.4 Å². The molecule has 0 saturated carbocycles. The maximum absolute atomic E-state index is 13.7. The molecule has 2 aliphatic heterocycles. The number of rotatable bonds is 5. The molecule has 0 atom stereocenters. The number of halogens is 1. The average molecular weight is 539 g/mol. The number of methoxy groups -OCH3 is 1. The lowest BCUT2D eigenvalue weighted by Gasteiger charge is -2.17. The Morgan fingerprint density at radius 3 is 2.58 bits per heavy atom. The summed E-state index contributed by atoms with van der Waals surface area (Å²) in [4.78, 5) is 30.4. The fraction of sp³-hybridized carbons (Fsp3) is 0.192. The van der Waals surface area contributed by atoms with Gasteiger partial charge in [0.1, 0.15) is 20.0 Å². The Kier molecular flexibility index (Phi) is 6.55. The van der Waals surface area contributed by atoms with Crippen LogP contribution in [0.3, 0.4) is 0 Å². The van der Waals surface area contributed by atoms with Crippen molar-refractivity contribution in [2.24, 2.45) is 5.10 Å². The van der Waals surface area contributed by atoms with Crippen molar-refractivity contribution in [1.29, 1.82) is 0 Å². The van der Waals surface area contributed by atoms with E-state index in [2.05, 4.69) is 16.6 Å². The number of amides is 1. The molecular formula is C26H23ClN4O3S2. The summed E-state index contributed by atoms with van der Waals surface area (Å²) in [6.45, 7) is 8.60. The van der Waals surface area contributed by atoms with Gasteiger partial charge in [0.15, 0.2) is 0 Å². The highest BCUT2D eigenvalue weighted by molar-refractivity contribution is 8.08. The van der Waals surface area contributed by atoms with Crippen molar-refractivity contribution >= 4 is 68.3 Å². The minimum absolute atomic E-state index is 0.159. The number of benzene rings is 2. The monoisotopic (exact) mass is 538 g/mol. The number of ether oxygens (including phenoxy) is 1. The molecule has 1 amide bonds. The number of allylic oxidation sites excluding steroid dienone is 1. The van der Waals surface area contributed by atoms with E-state index in [1.54, 1.807) is 60.7 Å². The summed E-state index contributed by atoms with van der Waals surface area (Å²) in [7, 11) is 1.64. The predicted molar refractivity (Wildman–Crippen MR) is 149 cm³/mol. The summed E-state index contributed by atoms with van der Waals surface area (Å²) < 4.78 is 8.16. The first-order valence-corrected chi connectivity index (χ1v) is 13.3. The van der Waals surface area contributed by atoms with E-state index in [0.717, 1.165) is 21.4 Å². The van der Waals surface area contributed by atoms with Crippen molar-refractivity contribution in [2.75, 3.05) is 23.6 Å². The highest BCUT2D eigenvalue weighted by atomic mass is 35.5. The van der Waals surface area contributed by atoms with Crippen molar-refractivity contribution in [3.8, 4) is 5.75 Å². The van der Waals surface area contributed by atoms with Crippen LogP contribution in [-0.2, 0) is 11.3 Å². The lowest BCUT2D eigenvalue weighted by atomic mass is 10.2. The molecule has 7 nitrogen and oxygen atoms in total. The molecule has 0 radical (unpaired) electrons. The molecule has 1 aromatic heterocycles. The van der Waals surface area contributed by atoms with Gasteiger partial charge in [0.25, 0.3) is 11.5 Å². The molecule has 0 unspecified atom stereocenters. The zero-order valence-corrected chi connectivity index (χ0v) is 22.3. The van der Waals surface area contributed by atoms with Crippen LogP contribution in [0.2, 0.25) is 5.02 Å². The number of hydrogen-bond acceptors (Lipinski definition) is 7. The van der Waals surface area contributed by atoms with Crippen molar-refractivity contribution in [3.63, 3.8) is 0 Å². The van der Waals surface area contributed by atoms with E-state index in [0.29, 0.717) is 37.7 Å². The topological polar surface area (TPSA) is 67.1 Å². The van der Waals surface area contributed by atoms with E-state index in [9.17, 15) is 9.59 Å². The van der Waals surface area contributed by atoms with Gasteiger partial charge in [-0.2, -0.15) is 10.1 Å². The number of carbonyl (C=O) groups is 1. The minimum Gasteiger partial charge on any atom is -0.497 e. The summed E-state index contributed by atoms with van der Waals surface area (Å²) in [5.74, 6) is 0.469. The third kappa shape index (κ3) is 3.97. The first kappa shape index (κ1) is 24.4. The molecule has 3 aromatic rings. The number of hydrazone groups is 1. The van der Waals surface area contributed by atoms with Crippen LogP contribution >= 0.6 is 34.7 Å². The molecule has 0 bridgehead atoms. The fourth-order valence-corrected chi connectivity index (χ4v) is 6.91. The van der Waals surface area contributed by atoms with Gasteiger partial charge < -0.3 is 9.64 Å². The molecule has 3 heterocycles. The first-order chi connectivity index (χ1) is 17.4. The number of thioether (sulfide) groups is 1. The van der Waals surface area contributed by atoms with Crippen LogP contribution in [0.5, 0.6) is 5.75 Å². The number of thiazole rings is 1. The SMILES string of the molecule is C=CCn1c(=C2C(=O)N(c3ccc(Cl)cc3)N=C2C)sc(=C2Sc3ccc(OC)cc3N2CC)c1=O. The van der Waals surface area contributed by atoms with E-state index in [4.69, 9.17) is 16.3 Å². The standard InChI is InChI=1S/C26H23ClN4O3S2/c1-5-13-30-24(33)22(26-29(6-2)19-14-18(34-4)11-12-20(19)35-26)36-25(30)21-15(3)28-31(23(21)32)17-9-7-16(27)8-10-17/h5,7-12,14H,1,6,13H2,2-4H3. The van der Waals surface area contributed by atoms with Crippen molar-refractivity contribution in [1.82, 2.24) is 4.57 Å². The Hall–Kier alpha value is -3.27. The van der Waals surface area contributed by atoms with Crippen LogP contribution in [0.15, 0.2) is 69.9 Å². The van der Waals surface area contributed by atoms with Crippen molar-refractivity contribution in [2.45, 2.75) is 25.3 Å². The van der Waals surface area contributed by atoms with Gasteiger partial charge in [0.05, 0.1) is 29.8 Å². The van der Waals surface area contributed by atoms with Crippen LogP contribution in [0.4, 0.5) is 11.4 Å². The summed E-state index contributed by atoms with van der Waals surface area (Å²) in [5, 5.41) is 7.26. The first-order valence-electron chi connectivity index (χ1n) is 11.3. The molecular weight excluding hydrogens is 516 g/mol. The third-order valence-corrected chi connectivity index (χ3v) is 8.67. The Bertz CT molecular complexity index is 1610. The molecule has 0 spiro atoms. The van der Waals surface area contributed by atoms with Gasteiger partial charge >= 0.3 is 0 Å². The molecule has 0 N–H and O–H groups in total.